The highest BCUT2D eigenvalue weighted by molar-refractivity contribution is 6.06. The maximum atomic E-state index is 13.1. The molecule has 0 atom stereocenters. The van der Waals surface area contributed by atoms with Crippen LogP contribution in [0, 0.1) is 19.7 Å². The molecule has 0 saturated carbocycles. The van der Waals surface area contributed by atoms with Crippen molar-refractivity contribution in [2.24, 2.45) is 0 Å². The lowest BCUT2D eigenvalue weighted by Gasteiger charge is -2.06. The van der Waals surface area contributed by atoms with Gasteiger partial charge in [-0.2, -0.15) is 5.10 Å². The minimum absolute atomic E-state index is 0.143. The Bertz CT molecular complexity index is 881. The number of hydrogen-bond acceptors (Lipinski definition) is 4. The van der Waals surface area contributed by atoms with Crippen LogP contribution < -0.4 is 5.32 Å². The predicted molar refractivity (Wildman–Crippen MR) is 87.2 cm³/mol. The average molecular weight is 328 g/mol. The van der Waals surface area contributed by atoms with Gasteiger partial charge in [0.2, 0.25) is 0 Å². The first-order valence-corrected chi connectivity index (χ1v) is 7.56. The van der Waals surface area contributed by atoms with Crippen LogP contribution in [0.4, 0.5) is 10.1 Å². The molecule has 124 valence electrons. The van der Waals surface area contributed by atoms with E-state index >= 15 is 0 Å². The number of aromatic nitrogens is 3. The van der Waals surface area contributed by atoms with Gasteiger partial charge < -0.3 is 9.73 Å². The SMILES string of the molecule is CCn1nc(C)c(NC(=O)c2ncoc2-c2ccc(F)cc2)c1C. The van der Waals surface area contributed by atoms with Gasteiger partial charge >= 0.3 is 0 Å². The van der Waals surface area contributed by atoms with Crippen molar-refractivity contribution in [1.82, 2.24) is 14.8 Å². The maximum Gasteiger partial charge on any atom is 0.278 e. The molecule has 7 heteroatoms. The van der Waals surface area contributed by atoms with Gasteiger partial charge in [0.15, 0.2) is 17.8 Å². The van der Waals surface area contributed by atoms with Crippen molar-refractivity contribution in [3.63, 3.8) is 0 Å². The summed E-state index contributed by atoms with van der Waals surface area (Å²) in [5.74, 6) is -0.460. The Morgan fingerprint density at radius 2 is 2.00 bits per heavy atom. The van der Waals surface area contributed by atoms with E-state index in [0.29, 0.717) is 23.6 Å². The Kier molecular flexibility index (Phi) is 4.16. The lowest BCUT2D eigenvalue weighted by molar-refractivity contribution is 0.102. The first-order chi connectivity index (χ1) is 11.5. The van der Waals surface area contributed by atoms with Gasteiger partial charge in [0.1, 0.15) is 5.82 Å². The molecule has 0 aliphatic rings. The molecule has 0 aliphatic heterocycles. The van der Waals surface area contributed by atoms with E-state index in [1.807, 2.05) is 25.5 Å². The van der Waals surface area contributed by atoms with E-state index in [-0.39, 0.29) is 11.5 Å². The van der Waals surface area contributed by atoms with Crippen LogP contribution in [0.5, 0.6) is 0 Å². The second-order valence-corrected chi connectivity index (χ2v) is 5.35. The molecule has 2 aromatic heterocycles. The van der Waals surface area contributed by atoms with Crippen molar-refractivity contribution in [3.05, 3.63) is 53.6 Å². The molecule has 6 nitrogen and oxygen atoms in total. The van der Waals surface area contributed by atoms with E-state index in [9.17, 15) is 9.18 Å². The van der Waals surface area contributed by atoms with Gasteiger partial charge in [-0.15, -0.1) is 0 Å². The van der Waals surface area contributed by atoms with Gasteiger partial charge in [-0.3, -0.25) is 9.48 Å². The van der Waals surface area contributed by atoms with Gasteiger partial charge in [0.25, 0.3) is 5.91 Å². The molecule has 1 aromatic carbocycles. The van der Waals surface area contributed by atoms with Crippen LogP contribution >= 0.6 is 0 Å². The molecule has 1 N–H and O–H groups in total. The number of carbonyl (C=O) groups is 1. The molecule has 2 heterocycles. The van der Waals surface area contributed by atoms with Gasteiger partial charge in [-0.25, -0.2) is 9.37 Å². The predicted octanol–water partition coefficient (Wildman–Crippen LogP) is 3.57. The zero-order chi connectivity index (χ0) is 17.3. The summed E-state index contributed by atoms with van der Waals surface area (Å²) in [6.07, 6.45) is 1.20. The summed E-state index contributed by atoms with van der Waals surface area (Å²) in [6, 6.07) is 5.69. The van der Waals surface area contributed by atoms with Crippen LogP contribution in [0.25, 0.3) is 11.3 Å². The summed E-state index contributed by atoms with van der Waals surface area (Å²) in [5, 5.41) is 7.21. The Balaban J connectivity index is 1.91. The van der Waals surface area contributed by atoms with Crippen LogP contribution in [-0.2, 0) is 6.54 Å². The van der Waals surface area contributed by atoms with Gasteiger partial charge in [-0.05, 0) is 45.0 Å². The van der Waals surface area contributed by atoms with E-state index < -0.39 is 5.91 Å². The van der Waals surface area contributed by atoms with E-state index in [1.165, 1.54) is 30.7 Å². The van der Waals surface area contributed by atoms with Crippen LogP contribution in [-0.4, -0.2) is 20.7 Å². The quantitative estimate of drug-likeness (QED) is 0.794. The third-order valence-corrected chi connectivity index (χ3v) is 3.81. The normalized spacial score (nSPS) is 10.8. The number of aryl methyl sites for hydroxylation is 2. The lowest BCUT2D eigenvalue weighted by Crippen LogP contribution is -2.14. The van der Waals surface area contributed by atoms with Gasteiger partial charge in [0.05, 0.1) is 17.1 Å². The third-order valence-electron chi connectivity index (χ3n) is 3.81. The molecule has 0 spiro atoms. The second-order valence-electron chi connectivity index (χ2n) is 5.35. The zero-order valence-corrected chi connectivity index (χ0v) is 13.6. The highest BCUT2D eigenvalue weighted by Gasteiger charge is 2.21. The van der Waals surface area contributed by atoms with Crippen LogP contribution in [0.15, 0.2) is 35.1 Å². The summed E-state index contributed by atoms with van der Waals surface area (Å²) in [4.78, 5) is 16.6. The monoisotopic (exact) mass is 328 g/mol. The molecular formula is C17H17FN4O2. The minimum Gasteiger partial charge on any atom is -0.443 e. The van der Waals surface area contributed by atoms with Crippen molar-refractivity contribution in [2.45, 2.75) is 27.3 Å². The fraction of sp³-hybridized carbons (Fsp3) is 0.235. The molecular weight excluding hydrogens is 311 g/mol. The number of amides is 1. The number of anilines is 1. The van der Waals surface area contributed by atoms with Crippen molar-refractivity contribution >= 4 is 11.6 Å². The number of carbonyl (C=O) groups excluding carboxylic acids is 1. The smallest absolute Gasteiger partial charge is 0.278 e. The standard InChI is InChI=1S/C17H17FN4O2/c1-4-22-11(3)14(10(2)21-22)20-17(23)15-16(24-9-19-15)12-5-7-13(18)8-6-12/h5-9H,4H2,1-3H3,(H,20,23). The Hall–Kier alpha value is -2.96. The number of nitrogens with zero attached hydrogens (tertiary/aromatic N) is 3. The Labute approximate surface area is 138 Å². The zero-order valence-electron chi connectivity index (χ0n) is 13.6. The number of hydrogen-bond donors (Lipinski definition) is 1. The molecule has 0 unspecified atom stereocenters. The molecule has 3 aromatic rings. The number of oxazole rings is 1. The third kappa shape index (κ3) is 2.80. The lowest BCUT2D eigenvalue weighted by atomic mass is 10.1. The Morgan fingerprint density at radius 3 is 2.62 bits per heavy atom. The fourth-order valence-electron chi connectivity index (χ4n) is 2.57. The summed E-state index contributed by atoms with van der Waals surface area (Å²) in [7, 11) is 0. The molecule has 0 radical (unpaired) electrons. The highest BCUT2D eigenvalue weighted by atomic mass is 19.1. The Morgan fingerprint density at radius 1 is 1.29 bits per heavy atom. The van der Waals surface area contributed by atoms with Crippen molar-refractivity contribution < 1.29 is 13.6 Å². The first-order valence-electron chi connectivity index (χ1n) is 7.56. The van der Waals surface area contributed by atoms with Crippen molar-refractivity contribution in [3.8, 4) is 11.3 Å². The molecule has 3 rings (SSSR count). The number of nitrogens with one attached hydrogen (secondary N) is 1. The molecule has 0 saturated heterocycles. The topological polar surface area (TPSA) is 73.0 Å². The van der Waals surface area contributed by atoms with E-state index in [0.717, 1.165) is 11.4 Å². The van der Waals surface area contributed by atoms with Crippen LogP contribution in [0.2, 0.25) is 0 Å². The van der Waals surface area contributed by atoms with E-state index in [4.69, 9.17) is 4.42 Å². The molecule has 0 bridgehead atoms. The van der Waals surface area contributed by atoms with Crippen molar-refractivity contribution in [1.29, 1.82) is 0 Å². The summed E-state index contributed by atoms with van der Waals surface area (Å²) >= 11 is 0. The van der Waals surface area contributed by atoms with Gasteiger partial charge in [0, 0.05) is 12.1 Å². The largest absolute Gasteiger partial charge is 0.443 e. The number of rotatable bonds is 4. The van der Waals surface area contributed by atoms with Crippen LogP contribution in [0.3, 0.4) is 0 Å². The molecule has 1 amide bonds. The van der Waals surface area contributed by atoms with Crippen molar-refractivity contribution in [2.75, 3.05) is 5.32 Å². The summed E-state index contributed by atoms with van der Waals surface area (Å²) in [6.45, 7) is 6.42. The van der Waals surface area contributed by atoms with E-state index in [2.05, 4.69) is 15.4 Å². The number of halogens is 1. The second kappa shape index (κ2) is 6.27. The fourth-order valence-corrected chi connectivity index (χ4v) is 2.57. The molecule has 24 heavy (non-hydrogen) atoms. The highest BCUT2D eigenvalue weighted by Crippen LogP contribution is 2.25. The summed E-state index contributed by atoms with van der Waals surface area (Å²) < 4.78 is 20.2. The molecule has 0 fully saturated rings. The van der Waals surface area contributed by atoms with Gasteiger partial charge in [-0.1, -0.05) is 0 Å². The maximum absolute atomic E-state index is 13.1. The van der Waals surface area contributed by atoms with E-state index in [1.54, 1.807) is 0 Å². The van der Waals surface area contributed by atoms with Crippen LogP contribution in [0.1, 0.15) is 28.8 Å². The first kappa shape index (κ1) is 15.9. The average Bonchev–Trinajstić information content (AvgIpc) is 3.15. The minimum atomic E-state index is -0.398. The number of benzene rings is 1. The molecule has 0 aliphatic carbocycles. The summed E-state index contributed by atoms with van der Waals surface area (Å²) in [5.41, 5.74) is 2.99.